The van der Waals surface area contributed by atoms with Gasteiger partial charge in [0.05, 0.1) is 17.6 Å². The van der Waals surface area contributed by atoms with Crippen LogP contribution in [0.5, 0.6) is 0 Å². The fraction of sp³-hybridized carbons (Fsp3) is 0.900. The van der Waals surface area contributed by atoms with Crippen LogP contribution in [0.2, 0.25) is 0 Å². The lowest BCUT2D eigenvalue weighted by molar-refractivity contribution is 0.0619. The van der Waals surface area contributed by atoms with E-state index in [4.69, 9.17) is 10.4 Å². The van der Waals surface area contributed by atoms with E-state index in [0.717, 1.165) is 25.8 Å². The summed E-state index contributed by atoms with van der Waals surface area (Å²) < 4.78 is 0. The van der Waals surface area contributed by atoms with E-state index >= 15 is 0 Å². The molecular weight excluding hydrogens is 164 g/mol. The fourth-order valence-corrected chi connectivity index (χ4v) is 1.40. The van der Waals surface area contributed by atoms with E-state index in [0.29, 0.717) is 6.04 Å². The summed E-state index contributed by atoms with van der Waals surface area (Å²) in [6.07, 6.45) is 2.51. The van der Waals surface area contributed by atoms with E-state index < -0.39 is 0 Å². The Morgan fingerprint density at radius 1 is 1.54 bits per heavy atom. The molecule has 1 aliphatic carbocycles. The predicted octanol–water partition coefficient (Wildman–Crippen LogP) is 1.04. The molecule has 0 bridgehead atoms. The second-order valence-electron chi connectivity index (χ2n) is 4.52. The van der Waals surface area contributed by atoms with Crippen LogP contribution in [0.15, 0.2) is 0 Å². The van der Waals surface area contributed by atoms with Gasteiger partial charge in [-0.05, 0) is 39.7 Å². The van der Waals surface area contributed by atoms with Crippen LogP contribution < -0.4 is 5.32 Å². The number of nitriles is 1. The third-order valence-electron chi connectivity index (χ3n) is 2.60. The Morgan fingerprint density at radius 2 is 2.15 bits per heavy atom. The van der Waals surface area contributed by atoms with E-state index in [1.165, 1.54) is 0 Å². The van der Waals surface area contributed by atoms with Gasteiger partial charge in [-0.1, -0.05) is 0 Å². The normalized spacial score (nSPS) is 27.8. The summed E-state index contributed by atoms with van der Waals surface area (Å²) in [6.45, 7) is 4.77. The average Bonchev–Trinajstić information content (AvgIpc) is 2.01. The van der Waals surface area contributed by atoms with E-state index in [1.807, 2.05) is 13.8 Å². The molecule has 0 radical (unpaired) electrons. The molecule has 0 atom stereocenters. The molecule has 74 valence electrons. The van der Waals surface area contributed by atoms with Gasteiger partial charge in [0.25, 0.3) is 0 Å². The molecule has 0 unspecified atom stereocenters. The molecule has 0 aliphatic heterocycles. The van der Waals surface area contributed by atoms with Crippen molar-refractivity contribution in [2.75, 3.05) is 6.54 Å². The number of hydrogen-bond donors (Lipinski definition) is 2. The maximum absolute atomic E-state index is 9.03. The molecule has 3 nitrogen and oxygen atoms in total. The van der Waals surface area contributed by atoms with Crippen molar-refractivity contribution in [2.45, 2.75) is 45.3 Å². The Bertz CT molecular complexity index is 201. The molecule has 0 amide bonds. The average molecular weight is 182 g/mol. The van der Waals surface area contributed by atoms with Crippen molar-refractivity contribution >= 4 is 0 Å². The van der Waals surface area contributed by atoms with Gasteiger partial charge in [0.1, 0.15) is 0 Å². The van der Waals surface area contributed by atoms with Crippen LogP contribution in [0.4, 0.5) is 0 Å². The number of nitrogens with one attached hydrogen (secondary N) is 1. The fourth-order valence-electron chi connectivity index (χ4n) is 1.40. The second-order valence-corrected chi connectivity index (χ2v) is 4.52. The van der Waals surface area contributed by atoms with Gasteiger partial charge in [-0.3, -0.25) is 0 Å². The van der Waals surface area contributed by atoms with Crippen LogP contribution in [0, 0.1) is 16.7 Å². The Labute approximate surface area is 79.8 Å². The van der Waals surface area contributed by atoms with Gasteiger partial charge in [-0.2, -0.15) is 5.26 Å². The van der Waals surface area contributed by atoms with Crippen LogP contribution in [-0.4, -0.2) is 23.8 Å². The number of hydrogen-bond acceptors (Lipinski definition) is 3. The first kappa shape index (κ1) is 10.5. The Hall–Kier alpha value is -0.590. The molecule has 0 aromatic rings. The molecule has 0 spiro atoms. The first-order chi connectivity index (χ1) is 6.03. The highest BCUT2D eigenvalue weighted by molar-refractivity contribution is 4.93. The zero-order valence-electron chi connectivity index (χ0n) is 8.38. The summed E-state index contributed by atoms with van der Waals surface area (Å²) in [5, 5.41) is 21.1. The largest absolute Gasteiger partial charge is 0.393 e. The van der Waals surface area contributed by atoms with E-state index in [-0.39, 0.29) is 11.5 Å². The van der Waals surface area contributed by atoms with Gasteiger partial charge in [0, 0.05) is 6.04 Å². The molecule has 0 aromatic carbocycles. The molecule has 0 heterocycles. The number of nitrogens with zero attached hydrogens (tertiary/aromatic N) is 1. The summed E-state index contributed by atoms with van der Waals surface area (Å²) >= 11 is 0. The maximum Gasteiger partial charge on any atom is 0.0684 e. The van der Waals surface area contributed by atoms with Gasteiger partial charge in [0.15, 0.2) is 0 Å². The molecule has 3 heteroatoms. The first-order valence-corrected chi connectivity index (χ1v) is 4.86. The quantitative estimate of drug-likeness (QED) is 0.683. The third kappa shape index (κ3) is 3.33. The monoisotopic (exact) mass is 182 g/mol. The van der Waals surface area contributed by atoms with Gasteiger partial charge < -0.3 is 10.4 Å². The minimum Gasteiger partial charge on any atom is -0.393 e. The highest BCUT2D eigenvalue weighted by atomic mass is 16.3. The molecule has 1 fully saturated rings. The Kier molecular flexibility index (Phi) is 3.29. The molecule has 2 N–H and O–H groups in total. The third-order valence-corrected chi connectivity index (χ3v) is 2.60. The molecule has 0 saturated heterocycles. The SMILES string of the molecule is CC(C)(C#N)CCNC1CC(O)C1. The predicted molar refractivity (Wildman–Crippen MR) is 51.0 cm³/mol. The molecular formula is C10H18N2O. The molecule has 0 aromatic heterocycles. The number of aliphatic hydroxyl groups is 1. The Morgan fingerprint density at radius 3 is 2.62 bits per heavy atom. The van der Waals surface area contributed by atoms with Crippen LogP contribution in [0.3, 0.4) is 0 Å². The first-order valence-electron chi connectivity index (χ1n) is 4.86. The van der Waals surface area contributed by atoms with Crippen molar-refractivity contribution in [1.29, 1.82) is 5.26 Å². The standard InChI is InChI=1S/C10H18N2O/c1-10(2,7-11)3-4-12-8-5-9(13)6-8/h8-9,12-13H,3-6H2,1-2H3. The zero-order valence-corrected chi connectivity index (χ0v) is 8.38. The lowest BCUT2D eigenvalue weighted by Gasteiger charge is -2.32. The summed E-state index contributed by atoms with van der Waals surface area (Å²) in [4.78, 5) is 0. The summed E-state index contributed by atoms with van der Waals surface area (Å²) in [7, 11) is 0. The smallest absolute Gasteiger partial charge is 0.0684 e. The van der Waals surface area contributed by atoms with Crippen molar-refractivity contribution in [2.24, 2.45) is 5.41 Å². The van der Waals surface area contributed by atoms with Gasteiger partial charge in [0.2, 0.25) is 0 Å². The summed E-state index contributed by atoms with van der Waals surface area (Å²) in [6, 6.07) is 2.75. The van der Waals surface area contributed by atoms with Gasteiger partial charge in [-0.15, -0.1) is 0 Å². The summed E-state index contributed by atoms with van der Waals surface area (Å²) in [5.74, 6) is 0. The Balaban J connectivity index is 2.05. The van der Waals surface area contributed by atoms with Crippen LogP contribution >= 0.6 is 0 Å². The summed E-state index contributed by atoms with van der Waals surface area (Å²) in [5.41, 5.74) is -0.227. The van der Waals surface area contributed by atoms with E-state index in [2.05, 4.69) is 11.4 Å². The highest BCUT2D eigenvalue weighted by Gasteiger charge is 2.27. The van der Waals surface area contributed by atoms with Gasteiger partial charge >= 0.3 is 0 Å². The molecule has 13 heavy (non-hydrogen) atoms. The van der Waals surface area contributed by atoms with Crippen LogP contribution in [-0.2, 0) is 0 Å². The van der Waals surface area contributed by atoms with Crippen molar-refractivity contribution in [3.63, 3.8) is 0 Å². The lowest BCUT2D eigenvalue weighted by Crippen LogP contribution is -2.44. The number of rotatable bonds is 4. The topological polar surface area (TPSA) is 56.0 Å². The van der Waals surface area contributed by atoms with E-state index in [9.17, 15) is 0 Å². The minimum absolute atomic E-state index is 0.0959. The molecule has 1 rings (SSSR count). The highest BCUT2D eigenvalue weighted by Crippen LogP contribution is 2.21. The minimum atomic E-state index is -0.227. The second kappa shape index (κ2) is 4.08. The van der Waals surface area contributed by atoms with Crippen molar-refractivity contribution in [3.05, 3.63) is 0 Å². The lowest BCUT2D eigenvalue weighted by atomic mass is 9.88. The van der Waals surface area contributed by atoms with Crippen molar-refractivity contribution in [1.82, 2.24) is 5.32 Å². The van der Waals surface area contributed by atoms with Crippen molar-refractivity contribution in [3.8, 4) is 6.07 Å². The van der Waals surface area contributed by atoms with Crippen LogP contribution in [0.1, 0.15) is 33.1 Å². The molecule has 1 saturated carbocycles. The van der Waals surface area contributed by atoms with Crippen molar-refractivity contribution < 1.29 is 5.11 Å². The number of aliphatic hydroxyl groups excluding tert-OH is 1. The van der Waals surface area contributed by atoms with Gasteiger partial charge in [-0.25, -0.2) is 0 Å². The van der Waals surface area contributed by atoms with E-state index in [1.54, 1.807) is 0 Å². The zero-order chi connectivity index (χ0) is 9.90. The van der Waals surface area contributed by atoms with Crippen LogP contribution in [0.25, 0.3) is 0 Å². The maximum atomic E-state index is 9.03. The molecule has 1 aliphatic rings.